The molecule has 0 aliphatic heterocycles. The fraction of sp³-hybridized carbons (Fsp3) is 0.348. The first-order chi connectivity index (χ1) is 14.5. The first-order valence-electron chi connectivity index (χ1n) is 10.3. The van der Waals surface area contributed by atoms with Gasteiger partial charge in [-0.3, -0.25) is 9.59 Å². The fourth-order valence-electron chi connectivity index (χ4n) is 3.67. The Morgan fingerprint density at radius 2 is 1.67 bits per heavy atom. The van der Waals surface area contributed by atoms with Crippen LogP contribution in [-0.4, -0.2) is 16.9 Å². The molecular weight excluding hydrogens is 418 g/mol. The molecule has 2 aromatic rings. The Morgan fingerprint density at radius 3 is 2.40 bits per heavy atom. The van der Waals surface area contributed by atoms with E-state index < -0.39 is 0 Å². The number of amides is 2. The maximum absolute atomic E-state index is 12.5. The monoisotopic (exact) mass is 443 g/mol. The van der Waals surface area contributed by atoms with E-state index in [9.17, 15) is 9.59 Å². The highest BCUT2D eigenvalue weighted by molar-refractivity contribution is 7.80. The maximum Gasteiger partial charge on any atom is 0.255 e. The van der Waals surface area contributed by atoms with Gasteiger partial charge >= 0.3 is 0 Å². The summed E-state index contributed by atoms with van der Waals surface area (Å²) in [5.74, 6) is 0.317. The summed E-state index contributed by atoms with van der Waals surface area (Å²) in [5, 5.41) is 9.29. The lowest BCUT2D eigenvalue weighted by atomic mass is 9.86. The fourth-order valence-corrected chi connectivity index (χ4v) is 4.09. The summed E-state index contributed by atoms with van der Waals surface area (Å²) in [5.41, 5.74) is 1.71. The highest BCUT2D eigenvalue weighted by Gasteiger charge is 2.15. The maximum atomic E-state index is 12.5. The number of carbonyl (C=O) groups is 2. The summed E-state index contributed by atoms with van der Waals surface area (Å²) < 4.78 is 0. The van der Waals surface area contributed by atoms with Crippen molar-refractivity contribution in [3.63, 3.8) is 0 Å². The highest BCUT2D eigenvalue weighted by Crippen LogP contribution is 2.27. The van der Waals surface area contributed by atoms with Crippen LogP contribution in [0.25, 0.3) is 0 Å². The second kappa shape index (κ2) is 11.1. The van der Waals surface area contributed by atoms with Gasteiger partial charge in [0.15, 0.2) is 5.11 Å². The standard InChI is InChI=1S/C23H26ClN3O2S/c24-18-9-5-11-20(15-18)25-22(29)17-8-4-10-19(14-17)26-23(30)27-21(28)13-12-16-6-2-1-3-7-16/h4-5,8-11,14-16H,1-3,6-7,12-13H2,(H,25,29)(H2,26,27,28,30). The van der Waals surface area contributed by atoms with E-state index in [0.29, 0.717) is 34.3 Å². The molecule has 1 aliphatic rings. The number of anilines is 2. The Balaban J connectivity index is 1.49. The molecule has 0 heterocycles. The van der Waals surface area contributed by atoms with Crippen LogP contribution in [0.5, 0.6) is 0 Å². The van der Waals surface area contributed by atoms with Crippen LogP contribution in [0, 0.1) is 5.92 Å². The Kier molecular flexibility index (Phi) is 8.22. The van der Waals surface area contributed by atoms with Gasteiger partial charge < -0.3 is 16.0 Å². The second-order valence-electron chi connectivity index (χ2n) is 7.59. The molecule has 1 saturated carbocycles. The van der Waals surface area contributed by atoms with Crippen LogP contribution in [0.15, 0.2) is 48.5 Å². The summed E-state index contributed by atoms with van der Waals surface area (Å²) in [6.07, 6.45) is 7.69. The molecule has 0 bridgehead atoms. The first-order valence-corrected chi connectivity index (χ1v) is 11.1. The highest BCUT2D eigenvalue weighted by atomic mass is 35.5. The number of thiocarbonyl (C=S) groups is 1. The van der Waals surface area contributed by atoms with Crippen LogP contribution in [-0.2, 0) is 4.79 Å². The molecule has 0 saturated heterocycles. The SMILES string of the molecule is O=C(CCC1CCCCC1)NC(=S)Nc1cccc(C(=O)Nc2cccc(Cl)c2)c1. The molecule has 30 heavy (non-hydrogen) atoms. The molecule has 3 rings (SSSR count). The lowest BCUT2D eigenvalue weighted by Gasteiger charge is -2.21. The third-order valence-electron chi connectivity index (χ3n) is 5.22. The van der Waals surface area contributed by atoms with Crippen molar-refractivity contribution in [2.45, 2.75) is 44.9 Å². The van der Waals surface area contributed by atoms with Gasteiger partial charge in [0.25, 0.3) is 5.91 Å². The molecule has 0 atom stereocenters. The van der Waals surface area contributed by atoms with E-state index in [1.165, 1.54) is 32.1 Å². The Labute approximate surface area is 187 Å². The average Bonchev–Trinajstić information content (AvgIpc) is 2.73. The van der Waals surface area contributed by atoms with Crippen molar-refractivity contribution in [2.75, 3.05) is 10.6 Å². The minimum Gasteiger partial charge on any atom is -0.332 e. The van der Waals surface area contributed by atoms with E-state index in [-0.39, 0.29) is 16.9 Å². The second-order valence-corrected chi connectivity index (χ2v) is 8.43. The lowest BCUT2D eigenvalue weighted by Crippen LogP contribution is -2.34. The van der Waals surface area contributed by atoms with Crippen LogP contribution >= 0.6 is 23.8 Å². The third-order valence-corrected chi connectivity index (χ3v) is 5.66. The van der Waals surface area contributed by atoms with Crippen molar-refractivity contribution >= 4 is 52.1 Å². The molecule has 5 nitrogen and oxygen atoms in total. The summed E-state index contributed by atoms with van der Waals surface area (Å²) >= 11 is 11.2. The predicted molar refractivity (Wildman–Crippen MR) is 126 cm³/mol. The van der Waals surface area contributed by atoms with E-state index in [1.807, 2.05) is 0 Å². The normalized spacial score (nSPS) is 14.0. The Morgan fingerprint density at radius 1 is 0.967 bits per heavy atom. The predicted octanol–water partition coefficient (Wildman–Crippen LogP) is 5.77. The third kappa shape index (κ3) is 7.11. The van der Waals surface area contributed by atoms with Crippen LogP contribution in [0.2, 0.25) is 5.02 Å². The number of carbonyl (C=O) groups excluding carboxylic acids is 2. The molecule has 158 valence electrons. The van der Waals surface area contributed by atoms with E-state index in [1.54, 1.807) is 48.5 Å². The van der Waals surface area contributed by atoms with Crippen molar-refractivity contribution < 1.29 is 9.59 Å². The van der Waals surface area contributed by atoms with Gasteiger partial charge in [0.2, 0.25) is 5.91 Å². The zero-order valence-electron chi connectivity index (χ0n) is 16.7. The zero-order valence-corrected chi connectivity index (χ0v) is 18.3. The smallest absolute Gasteiger partial charge is 0.255 e. The van der Waals surface area contributed by atoms with Gasteiger partial charge in [-0.25, -0.2) is 0 Å². The van der Waals surface area contributed by atoms with Crippen molar-refractivity contribution in [2.24, 2.45) is 5.92 Å². The average molecular weight is 444 g/mol. The summed E-state index contributed by atoms with van der Waals surface area (Å²) in [6, 6.07) is 13.9. The number of halogens is 1. The molecule has 2 amide bonds. The Bertz CT molecular complexity index is 913. The molecule has 2 aromatic carbocycles. The lowest BCUT2D eigenvalue weighted by molar-refractivity contribution is -0.120. The van der Waals surface area contributed by atoms with Crippen molar-refractivity contribution in [1.82, 2.24) is 5.32 Å². The zero-order chi connectivity index (χ0) is 21.3. The Hall–Kier alpha value is -2.44. The minimum atomic E-state index is -0.261. The number of rotatable bonds is 6. The molecule has 0 radical (unpaired) electrons. The number of hydrogen-bond acceptors (Lipinski definition) is 3. The van der Waals surface area contributed by atoms with E-state index >= 15 is 0 Å². The van der Waals surface area contributed by atoms with Gasteiger partial charge in [-0.15, -0.1) is 0 Å². The molecule has 1 aliphatic carbocycles. The molecule has 1 fully saturated rings. The van der Waals surface area contributed by atoms with Crippen LogP contribution in [0.3, 0.4) is 0 Å². The molecular formula is C23H26ClN3O2S. The van der Waals surface area contributed by atoms with Crippen LogP contribution in [0.1, 0.15) is 55.3 Å². The van der Waals surface area contributed by atoms with Gasteiger partial charge in [0.05, 0.1) is 0 Å². The van der Waals surface area contributed by atoms with Crippen molar-refractivity contribution in [3.05, 3.63) is 59.1 Å². The summed E-state index contributed by atoms with van der Waals surface area (Å²) in [6.45, 7) is 0. The first kappa shape index (κ1) is 22.2. The largest absolute Gasteiger partial charge is 0.332 e. The van der Waals surface area contributed by atoms with E-state index in [0.717, 1.165) is 6.42 Å². The van der Waals surface area contributed by atoms with Gasteiger partial charge in [-0.05, 0) is 61.0 Å². The number of benzene rings is 2. The summed E-state index contributed by atoms with van der Waals surface area (Å²) in [4.78, 5) is 24.7. The topological polar surface area (TPSA) is 70.2 Å². The number of nitrogens with one attached hydrogen (secondary N) is 3. The van der Waals surface area contributed by atoms with Crippen LogP contribution in [0.4, 0.5) is 11.4 Å². The van der Waals surface area contributed by atoms with Gasteiger partial charge in [-0.2, -0.15) is 0 Å². The quantitative estimate of drug-likeness (QED) is 0.496. The van der Waals surface area contributed by atoms with Crippen LogP contribution < -0.4 is 16.0 Å². The van der Waals surface area contributed by atoms with E-state index in [4.69, 9.17) is 23.8 Å². The van der Waals surface area contributed by atoms with E-state index in [2.05, 4.69) is 16.0 Å². The molecule has 0 spiro atoms. The van der Waals surface area contributed by atoms with Gasteiger partial charge in [0, 0.05) is 28.4 Å². The minimum absolute atomic E-state index is 0.0760. The number of hydrogen-bond donors (Lipinski definition) is 3. The molecule has 3 N–H and O–H groups in total. The molecule has 7 heteroatoms. The molecule has 0 unspecified atom stereocenters. The van der Waals surface area contributed by atoms with Gasteiger partial charge in [0.1, 0.15) is 0 Å². The van der Waals surface area contributed by atoms with Crippen molar-refractivity contribution in [1.29, 1.82) is 0 Å². The van der Waals surface area contributed by atoms with Crippen molar-refractivity contribution in [3.8, 4) is 0 Å². The molecule has 0 aromatic heterocycles. The summed E-state index contributed by atoms with van der Waals surface area (Å²) in [7, 11) is 0. The van der Waals surface area contributed by atoms with Gasteiger partial charge in [-0.1, -0.05) is 55.8 Å².